The number of ketones is 1. The van der Waals surface area contributed by atoms with E-state index in [1.807, 2.05) is 6.07 Å². The molecule has 1 atom stereocenters. The molecule has 1 aliphatic rings. The molecule has 134 valence electrons. The molecule has 0 spiro atoms. The van der Waals surface area contributed by atoms with Gasteiger partial charge in [0.25, 0.3) is 5.91 Å². The fraction of sp³-hybridized carbons (Fsp3) is 0.211. The van der Waals surface area contributed by atoms with Crippen molar-refractivity contribution < 1.29 is 14.7 Å². The minimum absolute atomic E-state index is 0.0831. The SMILES string of the molecule is CCC(=O)C1=C(O)C(=O)N(Cc2cccnc2)C1c1ccc(Cl)c(Cl)c1. The van der Waals surface area contributed by atoms with Gasteiger partial charge in [-0.05, 0) is 29.3 Å². The standard InChI is InChI=1S/C19H16Cl2N2O3/c1-2-15(24)16-17(12-5-6-13(20)14(21)8-12)23(19(26)18(16)25)10-11-4-3-7-22-9-11/h3-9,17,25H,2,10H2,1H3. The number of nitrogens with zero attached hydrogens (tertiary/aromatic N) is 2. The smallest absolute Gasteiger partial charge is 0.290 e. The molecule has 26 heavy (non-hydrogen) atoms. The highest BCUT2D eigenvalue weighted by molar-refractivity contribution is 6.42. The quantitative estimate of drug-likeness (QED) is 0.827. The number of aromatic nitrogens is 1. The van der Waals surface area contributed by atoms with Crippen LogP contribution in [0.4, 0.5) is 0 Å². The maximum Gasteiger partial charge on any atom is 0.290 e. The Morgan fingerprint density at radius 2 is 2.04 bits per heavy atom. The normalized spacial score (nSPS) is 17.1. The Hall–Kier alpha value is -2.37. The number of carbonyl (C=O) groups is 2. The summed E-state index contributed by atoms with van der Waals surface area (Å²) in [5.41, 5.74) is 1.47. The van der Waals surface area contributed by atoms with Crippen LogP contribution in [-0.2, 0) is 16.1 Å². The zero-order valence-corrected chi connectivity index (χ0v) is 15.5. The zero-order chi connectivity index (χ0) is 18.8. The summed E-state index contributed by atoms with van der Waals surface area (Å²) >= 11 is 12.1. The molecule has 0 saturated heterocycles. The topological polar surface area (TPSA) is 70.5 Å². The van der Waals surface area contributed by atoms with Crippen LogP contribution >= 0.6 is 23.2 Å². The van der Waals surface area contributed by atoms with E-state index in [1.165, 1.54) is 4.90 Å². The van der Waals surface area contributed by atoms with Crippen molar-refractivity contribution in [2.75, 3.05) is 0 Å². The van der Waals surface area contributed by atoms with Gasteiger partial charge in [0.05, 0.1) is 21.7 Å². The van der Waals surface area contributed by atoms with Crippen LogP contribution in [0.3, 0.4) is 0 Å². The van der Waals surface area contributed by atoms with E-state index in [9.17, 15) is 14.7 Å². The number of rotatable bonds is 5. The number of amides is 1. The van der Waals surface area contributed by atoms with E-state index in [0.717, 1.165) is 5.56 Å². The molecule has 2 aromatic rings. The fourth-order valence-electron chi connectivity index (χ4n) is 3.01. The van der Waals surface area contributed by atoms with Gasteiger partial charge in [-0.3, -0.25) is 14.6 Å². The van der Waals surface area contributed by atoms with Crippen molar-refractivity contribution in [1.29, 1.82) is 0 Å². The van der Waals surface area contributed by atoms with Crippen LogP contribution in [0.5, 0.6) is 0 Å². The van der Waals surface area contributed by atoms with Gasteiger partial charge in [-0.1, -0.05) is 42.3 Å². The highest BCUT2D eigenvalue weighted by atomic mass is 35.5. The first-order chi connectivity index (χ1) is 12.4. The Morgan fingerprint density at radius 3 is 2.65 bits per heavy atom. The van der Waals surface area contributed by atoms with Crippen LogP contribution in [0.25, 0.3) is 0 Å². The third kappa shape index (κ3) is 3.32. The second-order valence-corrected chi connectivity index (χ2v) is 6.72. The Kier molecular flexibility index (Phi) is 5.30. The Bertz CT molecular complexity index is 897. The van der Waals surface area contributed by atoms with Crippen LogP contribution in [0.15, 0.2) is 54.1 Å². The molecule has 7 heteroatoms. The molecule has 0 bridgehead atoms. The van der Waals surface area contributed by atoms with Gasteiger partial charge >= 0.3 is 0 Å². The summed E-state index contributed by atoms with van der Waals surface area (Å²) in [4.78, 5) is 30.6. The van der Waals surface area contributed by atoms with Gasteiger partial charge in [0.2, 0.25) is 0 Å². The number of aliphatic hydroxyl groups is 1. The molecule has 3 rings (SSSR count). The molecule has 0 radical (unpaired) electrons. The lowest BCUT2D eigenvalue weighted by molar-refractivity contribution is -0.130. The van der Waals surface area contributed by atoms with E-state index in [-0.39, 0.29) is 24.3 Å². The van der Waals surface area contributed by atoms with E-state index < -0.39 is 17.7 Å². The van der Waals surface area contributed by atoms with Crippen LogP contribution < -0.4 is 0 Å². The largest absolute Gasteiger partial charge is 0.503 e. The van der Waals surface area contributed by atoms with Crippen molar-refractivity contribution in [2.24, 2.45) is 0 Å². The fourth-order valence-corrected chi connectivity index (χ4v) is 3.32. The van der Waals surface area contributed by atoms with Crippen molar-refractivity contribution in [1.82, 2.24) is 9.88 Å². The van der Waals surface area contributed by atoms with Crippen LogP contribution in [-0.4, -0.2) is 26.7 Å². The highest BCUT2D eigenvalue weighted by Gasteiger charge is 2.43. The van der Waals surface area contributed by atoms with Crippen molar-refractivity contribution in [3.05, 3.63) is 75.2 Å². The van der Waals surface area contributed by atoms with Gasteiger partial charge in [-0.15, -0.1) is 0 Å². The monoisotopic (exact) mass is 390 g/mol. The van der Waals surface area contributed by atoms with Crippen molar-refractivity contribution >= 4 is 34.9 Å². The van der Waals surface area contributed by atoms with Gasteiger partial charge in [0.1, 0.15) is 0 Å². The van der Waals surface area contributed by atoms with Gasteiger partial charge in [-0.2, -0.15) is 0 Å². The molecule has 0 saturated carbocycles. The van der Waals surface area contributed by atoms with Gasteiger partial charge in [0.15, 0.2) is 11.5 Å². The maximum atomic E-state index is 12.7. The molecular formula is C19H16Cl2N2O3. The number of aliphatic hydroxyl groups excluding tert-OH is 1. The van der Waals surface area contributed by atoms with Gasteiger partial charge in [0, 0.05) is 25.4 Å². The molecule has 1 aliphatic heterocycles. The van der Waals surface area contributed by atoms with E-state index in [1.54, 1.807) is 43.6 Å². The van der Waals surface area contributed by atoms with Crippen LogP contribution in [0.2, 0.25) is 10.0 Å². The molecule has 1 aromatic heterocycles. The first-order valence-corrected chi connectivity index (χ1v) is 8.80. The lowest BCUT2D eigenvalue weighted by Crippen LogP contribution is -2.30. The Balaban J connectivity index is 2.09. The first kappa shape index (κ1) is 18.4. The summed E-state index contributed by atoms with van der Waals surface area (Å²) in [6.45, 7) is 1.88. The molecule has 0 fully saturated rings. The molecule has 1 amide bonds. The minimum Gasteiger partial charge on any atom is -0.503 e. The lowest BCUT2D eigenvalue weighted by atomic mass is 9.95. The summed E-state index contributed by atoms with van der Waals surface area (Å²) in [6.07, 6.45) is 3.44. The maximum absolute atomic E-state index is 12.7. The third-order valence-corrected chi connectivity index (χ3v) is 5.00. The molecule has 1 aromatic carbocycles. The summed E-state index contributed by atoms with van der Waals surface area (Å²) in [6, 6.07) is 7.77. The first-order valence-electron chi connectivity index (χ1n) is 8.05. The number of Topliss-reactive ketones (excluding diaryl/α,β-unsaturated/α-hetero) is 1. The molecule has 0 aliphatic carbocycles. The molecule has 1 N–H and O–H groups in total. The number of benzene rings is 1. The summed E-state index contributed by atoms with van der Waals surface area (Å²) in [5.74, 6) is -1.40. The van der Waals surface area contributed by atoms with Crippen molar-refractivity contribution in [2.45, 2.75) is 25.9 Å². The predicted molar refractivity (Wildman–Crippen MR) is 98.9 cm³/mol. The number of hydrogen-bond acceptors (Lipinski definition) is 4. The Labute approximate surface area is 160 Å². The number of carbonyl (C=O) groups excluding carboxylic acids is 2. The zero-order valence-electron chi connectivity index (χ0n) is 13.9. The molecular weight excluding hydrogens is 375 g/mol. The third-order valence-electron chi connectivity index (χ3n) is 4.26. The average molecular weight is 391 g/mol. The predicted octanol–water partition coefficient (Wildman–Crippen LogP) is 4.26. The number of halogens is 2. The lowest BCUT2D eigenvalue weighted by Gasteiger charge is -2.27. The van der Waals surface area contributed by atoms with Crippen LogP contribution in [0, 0.1) is 0 Å². The Morgan fingerprint density at radius 1 is 1.27 bits per heavy atom. The highest BCUT2D eigenvalue weighted by Crippen LogP contribution is 2.40. The number of pyridine rings is 1. The van der Waals surface area contributed by atoms with Crippen molar-refractivity contribution in [3.63, 3.8) is 0 Å². The van der Waals surface area contributed by atoms with Gasteiger partial charge < -0.3 is 10.0 Å². The summed E-state index contributed by atoms with van der Waals surface area (Å²) in [5, 5.41) is 11.0. The molecule has 2 heterocycles. The summed E-state index contributed by atoms with van der Waals surface area (Å²) in [7, 11) is 0. The summed E-state index contributed by atoms with van der Waals surface area (Å²) < 4.78 is 0. The second-order valence-electron chi connectivity index (χ2n) is 5.91. The van der Waals surface area contributed by atoms with E-state index in [2.05, 4.69) is 4.98 Å². The van der Waals surface area contributed by atoms with E-state index in [4.69, 9.17) is 23.2 Å². The average Bonchev–Trinajstić information content (AvgIpc) is 2.89. The van der Waals surface area contributed by atoms with E-state index >= 15 is 0 Å². The van der Waals surface area contributed by atoms with Crippen LogP contribution in [0.1, 0.15) is 30.5 Å². The number of hydrogen-bond donors (Lipinski definition) is 1. The molecule has 1 unspecified atom stereocenters. The van der Waals surface area contributed by atoms with E-state index in [0.29, 0.717) is 15.6 Å². The molecule has 5 nitrogen and oxygen atoms in total. The second kappa shape index (κ2) is 7.48. The van der Waals surface area contributed by atoms with Gasteiger partial charge in [-0.25, -0.2) is 0 Å². The van der Waals surface area contributed by atoms with Crippen molar-refractivity contribution in [3.8, 4) is 0 Å². The minimum atomic E-state index is -0.732.